The second-order valence-electron chi connectivity index (χ2n) is 2.80. The summed E-state index contributed by atoms with van der Waals surface area (Å²) in [6.45, 7) is 1.72. The first-order valence-electron chi connectivity index (χ1n) is 4.10. The van der Waals surface area contributed by atoms with Gasteiger partial charge in [0.25, 0.3) is 0 Å². The highest BCUT2D eigenvalue weighted by atomic mass is 19.4. The van der Waals surface area contributed by atoms with E-state index < -0.39 is 11.7 Å². The molecule has 0 unspecified atom stereocenters. The first-order chi connectivity index (χ1) is 6.50. The van der Waals surface area contributed by atoms with Gasteiger partial charge in [0, 0.05) is 0 Å². The minimum atomic E-state index is -4.45. The topological polar surface area (TPSA) is 23.8 Å². The van der Waals surface area contributed by atoms with Gasteiger partial charge >= 0.3 is 6.18 Å². The number of alkyl halides is 3. The van der Waals surface area contributed by atoms with E-state index in [1.807, 2.05) is 0 Å². The van der Waals surface area contributed by atoms with Gasteiger partial charge in [-0.05, 0) is 18.1 Å². The minimum absolute atomic E-state index is 0.262. The van der Waals surface area contributed by atoms with Gasteiger partial charge in [-0.15, -0.1) is 0 Å². The summed E-state index contributed by atoms with van der Waals surface area (Å²) in [6, 6.07) is 5.39. The lowest BCUT2D eigenvalue weighted by Crippen LogP contribution is -2.09. The second kappa shape index (κ2) is 3.70. The third-order valence-corrected chi connectivity index (χ3v) is 1.95. The summed E-state index contributed by atoms with van der Waals surface area (Å²) in [5.41, 5.74) is -0.677. The molecule has 0 saturated heterocycles. The summed E-state index contributed by atoms with van der Waals surface area (Å²) in [7, 11) is 0. The number of nitrogens with zero attached hydrogens (tertiary/aromatic N) is 1. The van der Waals surface area contributed by atoms with E-state index in [0.29, 0.717) is 12.0 Å². The monoisotopic (exact) mass is 199 g/mol. The minimum Gasteiger partial charge on any atom is -0.192 e. The van der Waals surface area contributed by atoms with Crippen molar-refractivity contribution in [2.45, 2.75) is 19.5 Å². The largest absolute Gasteiger partial charge is 0.417 e. The summed E-state index contributed by atoms with van der Waals surface area (Å²) in [5.74, 6) is 0. The van der Waals surface area contributed by atoms with Crippen molar-refractivity contribution in [2.75, 3.05) is 0 Å². The van der Waals surface area contributed by atoms with Crippen molar-refractivity contribution in [1.82, 2.24) is 0 Å². The predicted molar refractivity (Wildman–Crippen MR) is 45.5 cm³/mol. The molecule has 0 spiro atoms. The fourth-order valence-electron chi connectivity index (χ4n) is 1.26. The van der Waals surface area contributed by atoms with Crippen LogP contribution in [-0.4, -0.2) is 0 Å². The van der Waals surface area contributed by atoms with Crippen LogP contribution in [0.3, 0.4) is 0 Å². The van der Waals surface area contributed by atoms with E-state index in [2.05, 4.69) is 0 Å². The average molecular weight is 199 g/mol. The highest BCUT2D eigenvalue weighted by Crippen LogP contribution is 2.32. The zero-order chi connectivity index (χ0) is 10.8. The van der Waals surface area contributed by atoms with E-state index in [0.717, 1.165) is 6.07 Å². The van der Waals surface area contributed by atoms with Gasteiger partial charge in [0.2, 0.25) is 0 Å². The van der Waals surface area contributed by atoms with E-state index >= 15 is 0 Å². The molecule has 0 N–H and O–H groups in total. The maximum Gasteiger partial charge on any atom is 0.417 e. The molecule has 0 radical (unpaired) electrons. The lowest BCUT2D eigenvalue weighted by atomic mass is 10.00. The van der Waals surface area contributed by atoms with E-state index in [-0.39, 0.29) is 5.56 Å². The molecule has 1 nitrogen and oxygen atoms in total. The van der Waals surface area contributed by atoms with Crippen molar-refractivity contribution in [3.63, 3.8) is 0 Å². The fourth-order valence-corrected chi connectivity index (χ4v) is 1.26. The van der Waals surface area contributed by atoms with Crippen LogP contribution in [0.4, 0.5) is 13.2 Å². The maximum atomic E-state index is 12.4. The normalized spacial score (nSPS) is 11.1. The number of hydrogen-bond donors (Lipinski definition) is 0. The van der Waals surface area contributed by atoms with Gasteiger partial charge < -0.3 is 0 Å². The zero-order valence-corrected chi connectivity index (χ0v) is 7.52. The van der Waals surface area contributed by atoms with Crippen LogP contribution < -0.4 is 0 Å². The van der Waals surface area contributed by atoms with E-state index in [9.17, 15) is 13.2 Å². The molecule has 4 heteroatoms. The number of rotatable bonds is 1. The summed E-state index contributed by atoms with van der Waals surface area (Å²) >= 11 is 0. The Morgan fingerprint density at radius 2 is 2.00 bits per heavy atom. The summed E-state index contributed by atoms with van der Waals surface area (Å²) in [5, 5.41) is 8.64. The molecule has 14 heavy (non-hydrogen) atoms. The van der Waals surface area contributed by atoms with Crippen molar-refractivity contribution in [2.24, 2.45) is 0 Å². The molecule has 1 rings (SSSR count). The molecule has 1 aromatic rings. The van der Waals surface area contributed by atoms with E-state index in [1.165, 1.54) is 12.1 Å². The molecule has 0 aromatic heterocycles. The smallest absolute Gasteiger partial charge is 0.192 e. The molecular formula is C10H8F3N. The molecule has 1 aromatic carbocycles. The van der Waals surface area contributed by atoms with Crippen molar-refractivity contribution in [3.05, 3.63) is 34.9 Å². The lowest BCUT2D eigenvalue weighted by molar-refractivity contribution is -0.137. The Kier molecular flexibility index (Phi) is 2.80. The Hall–Kier alpha value is -1.50. The van der Waals surface area contributed by atoms with Gasteiger partial charge in [0.15, 0.2) is 0 Å². The van der Waals surface area contributed by atoms with Crippen LogP contribution in [-0.2, 0) is 12.6 Å². The van der Waals surface area contributed by atoms with Crippen LogP contribution in [0, 0.1) is 11.3 Å². The summed E-state index contributed by atoms with van der Waals surface area (Å²) in [6.07, 6.45) is -4.02. The average Bonchev–Trinajstić information content (AvgIpc) is 2.15. The molecule has 0 aliphatic carbocycles. The molecule has 74 valence electrons. The molecule has 0 saturated carbocycles. The second-order valence-corrected chi connectivity index (χ2v) is 2.80. The highest BCUT2D eigenvalue weighted by Gasteiger charge is 2.33. The predicted octanol–water partition coefficient (Wildman–Crippen LogP) is 3.14. The van der Waals surface area contributed by atoms with E-state index in [4.69, 9.17) is 5.26 Å². The maximum absolute atomic E-state index is 12.4. The van der Waals surface area contributed by atoms with Crippen molar-refractivity contribution in [3.8, 4) is 6.07 Å². The third kappa shape index (κ3) is 1.87. The fraction of sp³-hybridized carbons (Fsp3) is 0.300. The molecule has 0 bridgehead atoms. The van der Waals surface area contributed by atoms with Crippen LogP contribution >= 0.6 is 0 Å². The Labute approximate surface area is 79.8 Å². The number of halogens is 3. The molecule has 0 fully saturated rings. The lowest BCUT2D eigenvalue weighted by Gasteiger charge is -2.10. The first-order valence-corrected chi connectivity index (χ1v) is 4.10. The van der Waals surface area contributed by atoms with Gasteiger partial charge in [0.1, 0.15) is 6.07 Å². The Morgan fingerprint density at radius 3 is 2.43 bits per heavy atom. The summed E-state index contributed by atoms with van der Waals surface area (Å²) < 4.78 is 37.2. The first kappa shape index (κ1) is 10.6. The highest BCUT2D eigenvalue weighted by molar-refractivity contribution is 5.45. The van der Waals surface area contributed by atoms with Gasteiger partial charge in [0.05, 0.1) is 11.1 Å². The zero-order valence-electron chi connectivity index (χ0n) is 7.52. The van der Waals surface area contributed by atoms with Crippen LogP contribution in [0.1, 0.15) is 23.6 Å². The number of benzene rings is 1. The molecule has 0 heterocycles. The number of aryl methyl sites for hydroxylation is 1. The molecule has 0 aliphatic heterocycles. The molecule has 0 amide bonds. The van der Waals surface area contributed by atoms with Crippen LogP contribution in [0.2, 0.25) is 0 Å². The summed E-state index contributed by atoms with van der Waals surface area (Å²) in [4.78, 5) is 0. The number of nitriles is 1. The van der Waals surface area contributed by atoms with Crippen molar-refractivity contribution >= 4 is 0 Å². The Bertz CT molecular complexity index is 374. The van der Waals surface area contributed by atoms with Crippen LogP contribution in [0.15, 0.2) is 18.2 Å². The Morgan fingerprint density at radius 1 is 1.36 bits per heavy atom. The van der Waals surface area contributed by atoms with Crippen molar-refractivity contribution in [1.29, 1.82) is 5.26 Å². The van der Waals surface area contributed by atoms with E-state index in [1.54, 1.807) is 13.0 Å². The standard InChI is InChI=1S/C10H8F3N/c1-2-7-4-3-5-9(8(7)6-14)10(11,12)13/h3-5H,2H2,1H3. The van der Waals surface area contributed by atoms with Gasteiger partial charge in [-0.3, -0.25) is 0 Å². The molecule has 0 aliphatic rings. The van der Waals surface area contributed by atoms with Crippen molar-refractivity contribution < 1.29 is 13.2 Å². The SMILES string of the molecule is CCc1cccc(C(F)(F)F)c1C#N. The van der Waals surface area contributed by atoms with Gasteiger partial charge in [-0.2, -0.15) is 18.4 Å². The van der Waals surface area contributed by atoms with Crippen LogP contribution in [0.25, 0.3) is 0 Å². The quantitative estimate of drug-likeness (QED) is 0.681. The molecular weight excluding hydrogens is 191 g/mol. The van der Waals surface area contributed by atoms with Crippen LogP contribution in [0.5, 0.6) is 0 Å². The Balaban J connectivity index is 3.39. The number of hydrogen-bond acceptors (Lipinski definition) is 1. The third-order valence-electron chi connectivity index (χ3n) is 1.95. The van der Waals surface area contributed by atoms with Gasteiger partial charge in [-0.1, -0.05) is 19.1 Å². The van der Waals surface area contributed by atoms with Gasteiger partial charge in [-0.25, -0.2) is 0 Å². The molecule has 0 atom stereocenters.